The van der Waals surface area contributed by atoms with Gasteiger partial charge in [0.05, 0.1) is 26.7 Å². The lowest BCUT2D eigenvalue weighted by molar-refractivity contribution is -0.906. The largest absolute Gasteiger partial charge is 1.00 e. The highest BCUT2D eigenvalue weighted by molar-refractivity contribution is 5.17. The molecule has 1 unspecified atom stereocenters. The molecule has 1 atom stereocenters. The highest BCUT2D eigenvalue weighted by atomic mass is 127. The number of rotatable bonds is 9. The number of hydrogen-bond acceptors (Lipinski definition) is 1. The fourth-order valence-electron chi connectivity index (χ4n) is 2.90. The summed E-state index contributed by atoms with van der Waals surface area (Å²) in [6, 6.07) is 16.9. The van der Waals surface area contributed by atoms with Crippen molar-refractivity contribution in [3.8, 4) is 0 Å². The van der Waals surface area contributed by atoms with Crippen molar-refractivity contribution in [2.45, 2.75) is 26.4 Å². The predicted molar refractivity (Wildman–Crippen MR) is 98.6 cm³/mol. The second-order valence-corrected chi connectivity index (χ2v) is 6.76. The highest BCUT2D eigenvalue weighted by Gasteiger charge is 2.23. The quantitative estimate of drug-likeness (QED) is 0.179. The van der Waals surface area contributed by atoms with Crippen molar-refractivity contribution in [1.82, 2.24) is 0 Å². The zero-order valence-electron chi connectivity index (χ0n) is 16.4. The van der Waals surface area contributed by atoms with Gasteiger partial charge in [0, 0.05) is 18.6 Å². The van der Waals surface area contributed by atoms with Crippen LogP contribution in [0.2, 0.25) is 0 Å². The number of quaternary nitrogens is 1. The van der Waals surface area contributed by atoms with E-state index in [1.54, 1.807) is 0 Å². The number of likely N-dealkylation sites (N-methyl/N-ethyl adjacent to an activating group) is 1. The van der Waals surface area contributed by atoms with E-state index in [2.05, 4.69) is 87.2 Å². The second kappa shape index (κ2) is 13.0. The van der Waals surface area contributed by atoms with Gasteiger partial charge >= 0.3 is 0 Å². The van der Waals surface area contributed by atoms with Crippen LogP contribution in [0.4, 0.5) is 0 Å². The van der Waals surface area contributed by atoms with E-state index < -0.39 is 0 Å². The van der Waals surface area contributed by atoms with Crippen molar-refractivity contribution in [3.63, 3.8) is 0 Å². The lowest BCUT2D eigenvalue weighted by Gasteiger charge is -2.32. The van der Waals surface area contributed by atoms with Crippen LogP contribution >= 0.6 is 0 Å². The molecule has 0 aliphatic heterocycles. The van der Waals surface area contributed by atoms with Crippen LogP contribution in [0, 0.1) is 0 Å². The van der Waals surface area contributed by atoms with Gasteiger partial charge in [0.1, 0.15) is 19.7 Å². The zero-order valence-corrected chi connectivity index (χ0v) is 20.7. The number of nitrogens with zero attached hydrogens (tertiary/aromatic N) is 2. The number of pyridine rings is 1. The summed E-state index contributed by atoms with van der Waals surface area (Å²) >= 11 is 0. The molecular formula is C21H32I2N2O. The molecule has 0 aliphatic carbocycles. The van der Waals surface area contributed by atoms with E-state index in [1.807, 2.05) is 0 Å². The third kappa shape index (κ3) is 7.78. The van der Waals surface area contributed by atoms with E-state index in [0.717, 1.165) is 37.1 Å². The Hall–Kier alpha value is -0.250. The molecule has 0 amide bonds. The van der Waals surface area contributed by atoms with E-state index in [-0.39, 0.29) is 54.1 Å². The molecule has 2 rings (SSSR count). The fourth-order valence-corrected chi connectivity index (χ4v) is 2.90. The number of aryl methyl sites for hydroxylation is 1. The van der Waals surface area contributed by atoms with Crippen molar-refractivity contribution in [2.24, 2.45) is 7.05 Å². The van der Waals surface area contributed by atoms with Crippen molar-refractivity contribution < 1.29 is 61.7 Å². The van der Waals surface area contributed by atoms with Gasteiger partial charge in [-0.25, -0.2) is 4.57 Å². The van der Waals surface area contributed by atoms with E-state index >= 15 is 0 Å². The van der Waals surface area contributed by atoms with Gasteiger partial charge in [0.25, 0.3) is 0 Å². The van der Waals surface area contributed by atoms with Crippen LogP contribution < -0.4 is 52.5 Å². The second-order valence-electron chi connectivity index (χ2n) is 6.76. The summed E-state index contributed by atoms with van der Waals surface area (Å²) in [7, 11) is 4.40. The number of aromatic nitrogens is 1. The molecule has 146 valence electrons. The first-order valence-corrected chi connectivity index (χ1v) is 9.01. The predicted octanol–water partition coefficient (Wildman–Crippen LogP) is -2.69. The SMILES string of the molecule is CC[N+](C)(CC)CCOC(Cc1ccccc1)c1cccc[n+]1C.[I-].[I-]. The molecule has 1 heterocycles. The van der Waals surface area contributed by atoms with Crippen LogP contribution in [-0.4, -0.2) is 37.8 Å². The minimum absolute atomic E-state index is 0. The molecule has 0 saturated heterocycles. The summed E-state index contributed by atoms with van der Waals surface area (Å²) < 4.78 is 9.60. The molecule has 0 fully saturated rings. The van der Waals surface area contributed by atoms with Gasteiger partial charge in [-0.1, -0.05) is 36.4 Å². The van der Waals surface area contributed by atoms with Crippen LogP contribution in [0.15, 0.2) is 54.7 Å². The Morgan fingerprint density at radius 3 is 2.15 bits per heavy atom. The van der Waals surface area contributed by atoms with Gasteiger partial charge in [-0.05, 0) is 19.4 Å². The highest BCUT2D eigenvalue weighted by Crippen LogP contribution is 2.20. The van der Waals surface area contributed by atoms with E-state index in [0.29, 0.717) is 0 Å². The first-order chi connectivity index (χ1) is 11.6. The first kappa shape index (κ1) is 25.8. The van der Waals surface area contributed by atoms with Gasteiger partial charge in [-0.3, -0.25) is 0 Å². The maximum absolute atomic E-state index is 6.38. The maximum Gasteiger partial charge on any atom is 0.210 e. The van der Waals surface area contributed by atoms with Crippen LogP contribution in [0.25, 0.3) is 0 Å². The normalized spacial score (nSPS) is 12.0. The molecule has 0 spiro atoms. The Bertz CT molecular complexity index is 618. The van der Waals surface area contributed by atoms with Gasteiger partial charge in [-0.15, -0.1) is 0 Å². The zero-order chi connectivity index (χ0) is 17.4. The number of ether oxygens (including phenoxy) is 1. The molecular weight excluding hydrogens is 550 g/mol. The smallest absolute Gasteiger partial charge is 0.210 e. The van der Waals surface area contributed by atoms with Crippen molar-refractivity contribution in [3.05, 3.63) is 66.0 Å². The average molecular weight is 582 g/mol. The molecule has 1 aromatic heterocycles. The van der Waals surface area contributed by atoms with Gasteiger partial charge < -0.3 is 57.2 Å². The summed E-state index contributed by atoms with van der Waals surface area (Å²) in [6.07, 6.45) is 3.08. The minimum atomic E-state index is 0. The molecule has 0 aliphatic rings. The Labute approximate surface area is 193 Å². The lowest BCUT2D eigenvalue weighted by atomic mass is 10.0. The molecule has 0 saturated carbocycles. The molecule has 0 radical (unpaired) electrons. The molecule has 5 heteroatoms. The third-order valence-corrected chi connectivity index (χ3v) is 5.17. The van der Waals surface area contributed by atoms with Crippen LogP contribution in [0.1, 0.15) is 31.2 Å². The summed E-state index contributed by atoms with van der Waals surface area (Å²) in [6.45, 7) is 8.62. The Balaban J connectivity index is 0.00000312. The van der Waals surface area contributed by atoms with Gasteiger partial charge in [-0.2, -0.15) is 0 Å². The molecule has 26 heavy (non-hydrogen) atoms. The minimum Gasteiger partial charge on any atom is -1.00 e. The summed E-state index contributed by atoms with van der Waals surface area (Å²) in [5, 5.41) is 0. The van der Waals surface area contributed by atoms with Crippen LogP contribution in [0.3, 0.4) is 0 Å². The summed E-state index contributed by atoms with van der Waals surface area (Å²) in [5.74, 6) is 0. The Morgan fingerprint density at radius 2 is 1.58 bits per heavy atom. The summed E-state index contributed by atoms with van der Waals surface area (Å²) in [5.41, 5.74) is 2.54. The molecule has 0 bridgehead atoms. The average Bonchev–Trinajstić information content (AvgIpc) is 2.62. The topological polar surface area (TPSA) is 13.1 Å². The molecule has 1 aromatic carbocycles. The van der Waals surface area contributed by atoms with Crippen LogP contribution in [0.5, 0.6) is 0 Å². The van der Waals surface area contributed by atoms with Gasteiger partial charge in [0.15, 0.2) is 6.20 Å². The van der Waals surface area contributed by atoms with Crippen molar-refractivity contribution in [2.75, 3.05) is 33.3 Å². The maximum atomic E-state index is 6.38. The number of hydrogen-bond donors (Lipinski definition) is 0. The Morgan fingerprint density at radius 1 is 0.962 bits per heavy atom. The van der Waals surface area contributed by atoms with Crippen molar-refractivity contribution in [1.29, 1.82) is 0 Å². The molecule has 3 nitrogen and oxygen atoms in total. The monoisotopic (exact) mass is 582 g/mol. The Kier molecular flexibility index (Phi) is 12.9. The molecule has 0 N–H and O–H groups in total. The fraction of sp³-hybridized carbons (Fsp3) is 0.476. The standard InChI is InChI=1S/C21H32N2O.2HI/c1-5-23(4,6-2)16-17-24-21(18-19-12-8-7-9-13-19)20-14-10-11-15-22(20)3;;/h7-15,21H,5-6,16-18H2,1-4H3;2*1H/q+2;;/p-2. The summed E-state index contributed by atoms with van der Waals surface area (Å²) in [4.78, 5) is 0. The van der Waals surface area contributed by atoms with E-state index in [4.69, 9.17) is 4.74 Å². The number of halogens is 2. The van der Waals surface area contributed by atoms with Crippen LogP contribution in [-0.2, 0) is 18.2 Å². The molecule has 2 aromatic rings. The number of benzene rings is 1. The van der Waals surface area contributed by atoms with E-state index in [1.165, 1.54) is 11.3 Å². The third-order valence-electron chi connectivity index (χ3n) is 5.17. The van der Waals surface area contributed by atoms with E-state index in [9.17, 15) is 0 Å². The van der Waals surface area contributed by atoms with Gasteiger partial charge in [0.2, 0.25) is 5.69 Å². The lowest BCUT2D eigenvalue weighted by Crippen LogP contribution is -3.00. The first-order valence-electron chi connectivity index (χ1n) is 9.01. The van der Waals surface area contributed by atoms with Crippen molar-refractivity contribution >= 4 is 0 Å².